The number of amides is 1. The number of hydrogen-bond donors (Lipinski definition) is 0. The van der Waals surface area contributed by atoms with Gasteiger partial charge >= 0.3 is 0 Å². The first-order valence-electron chi connectivity index (χ1n) is 8.78. The molecule has 0 atom stereocenters. The van der Waals surface area contributed by atoms with Gasteiger partial charge in [0.2, 0.25) is 5.91 Å². The van der Waals surface area contributed by atoms with Crippen molar-refractivity contribution in [3.05, 3.63) is 66.0 Å². The number of halogens is 1. The van der Waals surface area contributed by atoms with Crippen molar-refractivity contribution >= 4 is 15.7 Å². The van der Waals surface area contributed by atoms with Crippen molar-refractivity contribution in [2.75, 3.05) is 13.1 Å². The van der Waals surface area contributed by atoms with Gasteiger partial charge in [0.05, 0.1) is 10.1 Å². The summed E-state index contributed by atoms with van der Waals surface area (Å²) in [6.45, 7) is 0.847. The highest BCUT2D eigenvalue weighted by Gasteiger charge is 2.32. The third-order valence-electron chi connectivity index (χ3n) is 4.87. The molecule has 0 spiro atoms. The highest BCUT2D eigenvalue weighted by atomic mass is 32.2. The van der Waals surface area contributed by atoms with Gasteiger partial charge in [-0.3, -0.25) is 4.79 Å². The fourth-order valence-electron chi connectivity index (χ4n) is 3.32. The van der Waals surface area contributed by atoms with Gasteiger partial charge in [0, 0.05) is 19.5 Å². The number of nitrogens with zero attached hydrogens (tertiary/aromatic N) is 1. The standard InChI is InChI=1S/C20H22FNO3S/c21-19-9-5-4-6-16(19)10-11-20(23)22-14-12-18(13-15-22)26(24,25)17-7-2-1-3-8-17/h1-9,18H,10-15H2. The highest BCUT2D eigenvalue weighted by Crippen LogP contribution is 2.25. The molecule has 0 saturated carbocycles. The van der Waals surface area contributed by atoms with Crippen LogP contribution >= 0.6 is 0 Å². The largest absolute Gasteiger partial charge is 0.343 e. The number of aryl methyl sites for hydroxylation is 1. The minimum atomic E-state index is -3.36. The minimum absolute atomic E-state index is 0.0520. The van der Waals surface area contributed by atoms with Crippen LogP contribution in [0.2, 0.25) is 0 Å². The Kier molecular flexibility index (Phi) is 5.71. The molecule has 2 aromatic rings. The molecule has 1 aliphatic heterocycles. The number of benzene rings is 2. The van der Waals surface area contributed by atoms with Crippen LogP contribution in [-0.4, -0.2) is 37.6 Å². The van der Waals surface area contributed by atoms with E-state index < -0.39 is 15.1 Å². The molecule has 26 heavy (non-hydrogen) atoms. The van der Waals surface area contributed by atoms with E-state index in [0.29, 0.717) is 42.8 Å². The zero-order chi connectivity index (χ0) is 18.6. The average Bonchev–Trinajstić information content (AvgIpc) is 2.68. The van der Waals surface area contributed by atoms with E-state index in [4.69, 9.17) is 0 Å². The number of carbonyl (C=O) groups is 1. The molecule has 1 fully saturated rings. The first-order valence-corrected chi connectivity index (χ1v) is 10.3. The molecule has 0 unspecified atom stereocenters. The molecule has 6 heteroatoms. The van der Waals surface area contributed by atoms with Gasteiger partial charge in [-0.2, -0.15) is 0 Å². The van der Waals surface area contributed by atoms with E-state index in [1.54, 1.807) is 53.4 Å². The lowest BCUT2D eigenvalue weighted by atomic mass is 10.1. The Hall–Kier alpha value is -2.21. The first-order chi connectivity index (χ1) is 12.5. The fourth-order valence-corrected chi connectivity index (χ4v) is 5.07. The maximum Gasteiger partial charge on any atom is 0.222 e. The Labute approximate surface area is 153 Å². The van der Waals surface area contributed by atoms with E-state index >= 15 is 0 Å². The topological polar surface area (TPSA) is 54.5 Å². The van der Waals surface area contributed by atoms with Crippen LogP contribution in [0.4, 0.5) is 4.39 Å². The maximum atomic E-state index is 13.6. The smallest absolute Gasteiger partial charge is 0.222 e. The lowest BCUT2D eigenvalue weighted by molar-refractivity contribution is -0.132. The van der Waals surface area contributed by atoms with E-state index in [9.17, 15) is 17.6 Å². The van der Waals surface area contributed by atoms with Crippen LogP contribution < -0.4 is 0 Å². The molecule has 1 amide bonds. The fraction of sp³-hybridized carbons (Fsp3) is 0.350. The van der Waals surface area contributed by atoms with E-state index in [1.807, 2.05) is 0 Å². The molecule has 0 bridgehead atoms. The minimum Gasteiger partial charge on any atom is -0.343 e. The van der Waals surface area contributed by atoms with E-state index in [0.717, 1.165) is 0 Å². The Morgan fingerprint density at radius 3 is 2.27 bits per heavy atom. The van der Waals surface area contributed by atoms with E-state index in [1.165, 1.54) is 6.07 Å². The number of carbonyl (C=O) groups excluding carboxylic acids is 1. The molecular weight excluding hydrogens is 353 g/mol. The highest BCUT2D eigenvalue weighted by molar-refractivity contribution is 7.92. The Morgan fingerprint density at radius 2 is 1.62 bits per heavy atom. The van der Waals surface area contributed by atoms with E-state index in [2.05, 4.69) is 0 Å². The van der Waals surface area contributed by atoms with Crippen molar-refractivity contribution in [2.45, 2.75) is 35.8 Å². The van der Waals surface area contributed by atoms with Crippen LogP contribution in [0.1, 0.15) is 24.8 Å². The van der Waals surface area contributed by atoms with Gasteiger partial charge in [-0.25, -0.2) is 12.8 Å². The van der Waals surface area contributed by atoms with Crippen LogP contribution in [0.5, 0.6) is 0 Å². The predicted molar refractivity (Wildman–Crippen MR) is 98.0 cm³/mol. The average molecular weight is 375 g/mol. The normalized spacial score (nSPS) is 15.8. The molecular formula is C20H22FNO3S. The van der Waals surface area contributed by atoms with Gasteiger partial charge in [-0.15, -0.1) is 0 Å². The SMILES string of the molecule is O=C(CCc1ccccc1F)N1CCC(S(=O)(=O)c2ccccc2)CC1. The van der Waals surface area contributed by atoms with Gasteiger partial charge < -0.3 is 4.90 Å². The second kappa shape index (κ2) is 7.99. The van der Waals surface area contributed by atoms with Crippen LogP contribution in [0, 0.1) is 5.82 Å². The number of sulfone groups is 1. The van der Waals surface area contributed by atoms with E-state index in [-0.39, 0.29) is 18.1 Å². The lowest BCUT2D eigenvalue weighted by Gasteiger charge is -2.32. The van der Waals surface area contributed by atoms with Crippen LogP contribution in [0.3, 0.4) is 0 Å². The summed E-state index contributed by atoms with van der Waals surface area (Å²) in [4.78, 5) is 14.4. The molecule has 0 aliphatic carbocycles. The number of rotatable bonds is 5. The van der Waals surface area contributed by atoms with Crippen LogP contribution in [-0.2, 0) is 21.1 Å². The molecule has 1 aliphatic rings. The Morgan fingerprint density at radius 1 is 1.00 bits per heavy atom. The molecule has 138 valence electrons. The Bertz CT molecular complexity index is 860. The van der Waals surface area contributed by atoms with Gasteiger partial charge in [0.25, 0.3) is 0 Å². The molecule has 0 N–H and O–H groups in total. The zero-order valence-corrected chi connectivity index (χ0v) is 15.3. The molecule has 2 aromatic carbocycles. The number of hydrogen-bond acceptors (Lipinski definition) is 3. The van der Waals surface area contributed by atoms with Crippen LogP contribution in [0.25, 0.3) is 0 Å². The van der Waals surface area contributed by atoms with Gasteiger partial charge in [-0.1, -0.05) is 36.4 Å². The molecule has 1 saturated heterocycles. The van der Waals surface area contributed by atoms with Crippen LogP contribution in [0.15, 0.2) is 59.5 Å². The summed E-state index contributed by atoms with van der Waals surface area (Å²) in [7, 11) is -3.36. The molecule has 0 aromatic heterocycles. The third kappa shape index (κ3) is 4.12. The molecule has 3 rings (SSSR count). The van der Waals surface area contributed by atoms with Crippen molar-refractivity contribution < 1.29 is 17.6 Å². The zero-order valence-electron chi connectivity index (χ0n) is 14.5. The van der Waals surface area contributed by atoms with Crippen molar-refractivity contribution in [3.8, 4) is 0 Å². The summed E-state index contributed by atoms with van der Waals surface area (Å²) >= 11 is 0. The lowest BCUT2D eigenvalue weighted by Crippen LogP contribution is -2.42. The molecule has 0 radical (unpaired) electrons. The predicted octanol–water partition coefficient (Wildman–Crippen LogP) is 3.22. The first kappa shape index (κ1) is 18.6. The van der Waals surface area contributed by atoms with Gasteiger partial charge in [-0.05, 0) is 43.0 Å². The molecule has 1 heterocycles. The van der Waals surface area contributed by atoms with Gasteiger partial charge in [0.1, 0.15) is 5.82 Å². The quantitative estimate of drug-likeness (QED) is 0.806. The summed E-state index contributed by atoms with van der Waals surface area (Å²) < 4.78 is 39.0. The van der Waals surface area contributed by atoms with Gasteiger partial charge in [0.15, 0.2) is 9.84 Å². The number of likely N-dealkylation sites (tertiary alicyclic amines) is 1. The number of piperidine rings is 1. The second-order valence-corrected chi connectivity index (χ2v) is 8.76. The third-order valence-corrected chi connectivity index (χ3v) is 7.15. The van der Waals surface area contributed by atoms with Crippen molar-refractivity contribution in [1.82, 2.24) is 4.90 Å². The second-order valence-electron chi connectivity index (χ2n) is 6.53. The van der Waals surface area contributed by atoms with Crippen molar-refractivity contribution in [3.63, 3.8) is 0 Å². The Balaban J connectivity index is 1.55. The van der Waals surface area contributed by atoms with Crippen molar-refractivity contribution in [1.29, 1.82) is 0 Å². The summed E-state index contributed by atoms with van der Waals surface area (Å²) in [6.07, 6.45) is 1.45. The molecule has 4 nitrogen and oxygen atoms in total. The maximum absolute atomic E-state index is 13.6. The summed E-state index contributed by atoms with van der Waals surface area (Å²) in [5, 5.41) is -0.458. The summed E-state index contributed by atoms with van der Waals surface area (Å²) in [5.41, 5.74) is 0.530. The van der Waals surface area contributed by atoms with Crippen molar-refractivity contribution in [2.24, 2.45) is 0 Å². The summed E-state index contributed by atoms with van der Waals surface area (Å²) in [6, 6.07) is 14.9. The summed E-state index contributed by atoms with van der Waals surface area (Å²) in [5.74, 6) is -0.350. The monoisotopic (exact) mass is 375 g/mol.